The Morgan fingerprint density at radius 3 is 2.42 bits per heavy atom. The molecule has 0 aliphatic heterocycles. The Morgan fingerprint density at radius 1 is 1.58 bits per heavy atom. The third-order valence-corrected chi connectivity index (χ3v) is 0.786. The molecule has 0 aromatic heterocycles. The van der Waals surface area contributed by atoms with Gasteiger partial charge in [-0.3, -0.25) is 4.79 Å². The summed E-state index contributed by atoms with van der Waals surface area (Å²) in [4.78, 5) is 14.0. The van der Waals surface area contributed by atoms with E-state index in [2.05, 4.69) is 15.7 Å². The minimum atomic E-state index is -4.46. The molecule has 0 radical (unpaired) electrons. The number of oxime groups is 1. The molecule has 0 bridgehead atoms. The van der Waals surface area contributed by atoms with Gasteiger partial charge in [-0.25, -0.2) is 0 Å². The smallest absolute Gasteiger partial charge is 0.386 e. The lowest BCUT2D eigenvalue weighted by atomic mass is 10.4. The fourth-order valence-electron chi connectivity index (χ4n) is 0.247. The maximum Gasteiger partial charge on any atom is 0.425 e. The number of nitrogens with zero attached hydrogens (tertiary/aromatic N) is 1. The van der Waals surface area contributed by atoms with Gasteiger partial charge in [-0.2, -0.15) is 13.2 Å². The van der Waals surface area contributed by atoms with Crippen LogP contribution in [0.4, 0.5) is 13.2 Å². The van der Waals surface area contributed by atoms with Crippen molar-refractivity contribution >= 4 is 11.6 Å². The van der Waals surface area contributed by atoms with Crippen LogP contribution in [0.1, 0.15) is 6.92 Å². The van der Waals surface area contributed by atoms with Crippen LogP contribution in [0, 0.1) is 0 Å². The molecule has 0 aliphatic rings. The number of carbonyl (C=O) groups is 1. The number of nitrogens with two attached hydrogens (primary N) is 1. The highest BCUT2D eigenvalue weighted by molar-refractivity contribution is 6.37. The third-order valence-electron chi connectivity index (χ3n) is 0.786. The van der Waals surface area contributed by atoms with Gasteiger partial charge >= 0.3 is 6.18 Å². The number of hydrogen-bond acceptors (Lipinski definition) is 3. The molecule has 0 spiro atoms. The van der Waals surface area contributed by atoms with E-state index in [4.69, 9.17) is 0 Å². The summed E-state index contributed by atoms with van der Waals surface area (Å²) in [6, 6.07) is 0. The number of hydrogen-bond donors (Lipinski definition) is 1. The van der Waals surface area contributed by atoms with Crippen molar-refractivity contribution in [1.82, 2.24) is 0 Å². The fourth-order valence-corrected chi connectivity index (χ4v) is 0.247. The van der Waals surface area contributed by atoms with Crippen molar-refractivity contribution in [3.63, 3.8) is 0 Å². The highest BCUT2D eigenvalue weighted by atomic mass is 19.4. The largest absolute Gasteiger partial charge is 0.425 e. The van der Waals surface area contributed by atoms with E-state index in [1.165, 1.54) is 0 Å². The third kappa shape index (κ3) is 5.51. The highest BCUT2D eigenvalue weighted by Gasteiger charge is 2.28. The maximum absolute atomic E-state index is 11.4. The van der Waals surface area contributed by atoms with Crippen LogP contribution >= 0.6 is 0 Å². The molecule has 0 saturated carbocycles. The predicted molar refractivity (Wildman–Crippen MR) is 34.3 cm³/mol. The second-order valence-electron chi connectivity index (χ2n) is 1.93. The summed E-state index contributed by atoms with van der Waals surface area (Å²) in [7, 11) is 0. The van der Waals surface area contributed by atoms with Gasteiger partial charge in [0.15, 0.2) is 0 Å². The molecule has 1 amide bonds. The zero-order valence-corrected chi connectivity index (χ0v) is 6.18. The van der Waals surface area contributed by atoms with Gasteiger partial charge in [0.1, 0.15) is 5.71 Å². The number of halogens is 3. The van der Waals surface area contributed by atoms with Crippen LogP contribution in [0.3, 0.4) is 0 Å². The van der Waals surface area contributed by atoms with E-state index in [9.17, 15) is 18.0 Å². The van der Waals surface area contributed by atoms with Crippen molar-refractivity contribution in [2.45, 2.75) is 13.1 Å². The van der Waals surface area contributed by atoms with Crippen LogP contribution in [-0.2, 0) is 9.63 Å². The first-order chi connectivity index (χ1) is 5.33. The van der Waals surface area contributed by atoms with E-state index in [0.717, 1.165) is 6.92 Å². The number of carbonyl (C=O) groups excluding carboxylic acids is 1. The van der Waals surface area contributed by atoms with Crippen LogP contribution in [0.25, 0.3) is 0 Å². The molecule has 0 rings (SSSR count). The van der Waals surface area contributed by atoms with Gasteiger partial charge < -0.3 is 10.6 Å². The topological polar surface area (TPSA) is 64.7 Å². The maximum atomic E-state index is 11.4. The SMILES string of the molecule is CC(=NOCC(F)(F)F)C(N)=O. The van der Waals surface area contributed by atoms with Crippen molar-refractivity contribution in [2.75, 3.05) is 6.61 Å². The lowest BCUT2D eigenvalue weighted by Crippen LogP contribution is -2.22. The van der Waals surface area contributed by atoms with E-state index >= 15 is 0 Å². The molecular formula is C5H7F3N2O2. The summed E-state index contributed by atoms with van der Waals surface area (Å²) >= 11 is 0. The zero-order valence-electron chi connectivity index (χ0n) is 6.18. The second-order valence-corrected chi connectivity index (χ2v) is 1.93. The highest BCUT2D eigenvalue weighted by Crippen LogP contribution is 2.14. The standard InChI is InChI=1S/C5H7F3N2O2/c1-3(4(9)11)10-12-2-5(6,7)8/h2H2,1H3,(H2,9,11). The average Bonchev–Trinajstić information content (AvgIpc) is 1.84. The number of primary amides is 1. The quantitative estimate of drug-likeness (QED) is 0.510. The average molecular weight is 184 g/mol. The molecule has 70 valence electrons. The first kappa shape index (κ1) is 10.7. The van der Waals surface area contributed by atoms with Gasteiger partial charge in [0, 0.05) is 0 Å². The van der Waals surface area contributed by atoms with Crippen molar-refractivity contribution in [3.8, 4) is 0 Å². The van der Waals surface area contributed by atoms with Crippen LogP contribution in [0.15, 0.2) is 5.16 Å². The minimum Gasteiger partial charge on any atom is -0.386 e. The summed E-state index contributed by atoms with van der Waals surface area (Å²) in [5.74, 6) is -0.919. The Balaban J connectivity index is 3.83. The lowest BCUT2D eigenvalue weighted by molar-refractivity contribution is -0.174. The Hall–Kier alpha value is -1.27. The molecule has 2 N–H and O–H groups in total. The Kier molecular flexibility index (Phi) is 3.52. The number of rotatable bonds is 3. The van der Waals surface area contributed by atoms with Crippen LogP contribution in [0.2, 0.25) is 0 Å². The van der Waals surface area contributed by atoms with E-state index in [0.29, 0.717) is 0 Å². The van der Waals surface area contributed by atoms with Gasteiger partial charge in [0.2, 0.25) is 6.61 Å². The molecule has 0 unspecified atom stereocenters. The Labute approximate surface area is 66.2 Å². The van der Waals surface area contributed by atoms with Gasteiger partial charge in [0.25, 0.3) is 5.91 Å². The zero-order chi connectivity index (χ0) is 9.78. The van der Waals surface area contributed by atoms with Crippen molar-refractivity contribution in [3.05, 3.63) is 0 Å². The lowest BCUT2D eigenvalue weighted by Gasteiger charge is -2.03. The Bertz CT molecular complexity index is 199. The van der Waals surface area contributed by atoms with Crippen molar-refractivity contribution in [2.24, 2.45) is 10.9 Å². The molecule has 0 aromatic rings. The monoisotopic (exact) mass is 184 g/mol. The normalized spacial score (nSPS) is 12.8. The Morgan fingerprint density at radius 2 is 2.08 bits per heavy atom. The minimum absolute atomic E-state index is 0.306. The molecule has 7 heteroatoms. The number of amides is 1. The molecular weight excluding hydrogens is 177 g/mol. The predicted octanol–water partition coefficient (Wildman–Crippen LogP) is 0.427. The molecule has 0 saturated heterocycles. The molecule has 12 heavy (non-hydrogen) atoms. The fraction of sp³-hybridized carbons (Fsp3) is 0.600. The van der Waals surface area contributed by atoms with E-state index in [-0.39, 0.29) is 5.71 Å². The van der Waals surface area contributed by atoms with Crippen molar-refractivity contribution in [1.29, 1.82) is 0 Å². The molecule has 4 nitrogen and oxygen atoms in total. The molecule has 0 fully saturated rings. The molecule has 0 aliphatic carbocycles. The first-order valence-electron chi connectivity index (χ1n) is 2.86. The van der Waals surface area contributed by atoms with E-state index < -0.39 is 18.7 Å². The second kappa shape index (κ2) is 3.93. The summed E-state index contributed by atoms with van der Waals surface area (Å²) in [6.45, 7) is -0.379. The molecule has 0 heterocycles. The summed E-state index contributed by atoms with van der Waals surface area (Å²) < 4.78 is 34.2. The molecule has 0 atom stereocenters. The summed E-state index contributed by atoms with van der Waals surface area (Å²) in [6.07, 6.45) is -4.46. The van der Waals surface area contributed by atoms with Crippen LogP contribution in [-0.4, -0.2) is 24.4 Å². The van der Waals surface area contributed by atoms with Gasteiger partial charge in [-0.05, 0) is 6.92 Å². The van der Waals surface area contributed by atoms with Gasteiger partial charge in [0.05, 0.1) is 0 Å². The summed E-state index contributed by atoms with van der Waals surface area (Å²) in [5.41, 5.74) is 4.35. The first-order valence-corrected chi connectivity index (χ1v) is 2.86. The van der Waals surface area contributed by atoms with Crippen molar-refractivity contribution < 1.29 is 22.8 Å². The summed E-state index contributed by atoms with van der Waals surface area (Å²) in [5, 5.41) is 2.83. The molecule has 0 aromatic carbocycles. The van der Waals surface area contributed by atoms with E-state index in [1.54, 1.807) is 0 Å². The van der Waals surface area contributed by atoms with Crippen LogP contribution < -0.4 is 5.73 Å². The number of alkyl halides is 3. The van der Waals surface area contributed by atoms with Crippen LogP contribution in [0.5, 0.6) is 0 Å². The van der Waals surface area contributed by atoms with E-state index in [1.807, 2.05) is 0 Å². The van der Waals surface area contributed by atoms with Gasteiger partial charge in [-0.1, -0.05) is 5.16 Å². The van der Waals surface area contributed by atoms with Gasteiger partial charge in [-0.15, -0.1) is 0 Å².